The van der Waals surface area contributed by atoms with Gasteiger partial charge in [0.05, 0.1) is 11.2 Å². The zero-order chi connectivity index (χ0) is 13.3. The van der Waals surface area contributed by atoms with Crippen LogP contribution in [-0.4, -0.2) is 11.2 Å². The fraction of sp³-hybridized carbons (Fsp3) is 0.812. The fourth-order valence-electron chi connectivity index (χ4n) is 4.33. The number of fused-ring (bicyclic) bond motifs is 1. The van der Waals surface area contributed by atoms with Crippen LogP contribution in [0.15, 0.2) is 17.1 Å². The Hall–Kier alpha value is -0.460. The van der Waals surface area contributed by atoms with E-state index in [-0.39, 0.29) is 0 Å². The van der Waals surface area contributed by atoms with E-state index in [2.05, 4.69) is 37.5 Å². The van der Waals surface area contributed by atoms with Gasteiger partial charge < -0.3 is 0 Å². The molecule has 2 fully saturated rings. The molecule has 0 spiro atoms. The average molecular weight is 263 g/mol. The molecule has 0 heterocycles. The Labute approximate surface area is 117 Å². The summed E-state index contributed by atoms with van der Waals surface area (Å²) in [6.07, 6.45) is 6.40. The molecule has 0 aliphatic heterocycles. The molecule has 0 aromatic rings. The number of hydrogen-bond acceptors (Lipinski definition) is 2. The number of hydrogen-bond donors (Lipinski definition) is 0. The topological polar surface area (TPSA) is 12.4 Å². The van der Waals surface area contributed by atoms with E-state index in [1.54, 1.807) is 0 Å². The number of thiocarbonyl (C=S) groups is 1. The lowest BCUT2D eigenvalue weighted by Gasteiger charge is -2.52. The van der Waals surface area contributed by atoms with Gasteiger partial charge in [-0.3, -0.25) is 0 Å². The van der Waals surface area contributed by atoms with Crippen LogP contribution in [0.25, 0.3) is 0 Å². The first-order chi connectivity index (χ1) is 8.49. The van der Waals surface area contributed by atoms with E-state index in [1.807, 2.05) is 0 Å². The summed E-state index contributed by atoms with van der Waals surface area (Å²) in [4.78, 5) is 4.57. The molecule has 18 heavy (non-hydrogen) atoms. The Balaban J connectivity index is 2.36. The third-order valence-electron chi connectivity index (χ3n) is 5.32. The van der Waals surface area contributed by atoms with Crippen molar-refractivity contribution in [2.45, 2.75) is 58.9 Å². The van der Waals surface area contributed by atoms with Crippen molar-refractivity contribution >= 4 is 17.4 Å². The Morgan fingerprint density at radius 1 is 1.44 bits per heavy atom. The lowest BCUT2D eigenvalue weighted by Crippen LogP contribution is -2.48. The highest BCUT2D eigenvalue weighted by Crippen LogP contribution is 2.55. The highest BCUT2D eigenvalue weighted by atomic mass is 32.1. The monoisotopic (exact) mass is 263 g/mol. The molecule has 2 saturated carbocycles. The molecule has 0 amide bonds. The molecule has 0 radical (unpaired) electrons. The van der Waals surface area contributed by atoms with Crippen molar-refractivity contribution < 1.29 is 0 Å². The summed E-state index contributed by atoms with van der Waals surface area (Å²) in [5.74, 6) is 1.85. The molecule has 4 atom stereocenters. The molecular weight excluding hydrogens is 238 g/mol. The van der Waals surface area contributed by atoms with Crippen molar-refractivity contribution in [3.8, 4) is 0 Å². The third kappa shape index (κ3) is 2.33. The predicted molar refractivity (Wildman–Crippen MR) is 81.0 cm³/mol. The van der Waals surface area contributed by atoms with Gasteiger partial charge in [0, 0.05) is 5.92 Å². The molecule has 2 aliphatic rings. The van der Waals surface area contributed by atoms with E-state index in [0.29, 0.717) is 29.2 Å². The number of isothiocyanates is 1. The van der Waals surface area contributed by atoms with Gasteiger partial charge in [0.25, 0.3) is 0 Å². The molecule has 100 valence electrons. The van der Waals surface area contributed by atoms with E-state index in [4.69, 9.17) is 12.2 Å². The molecule has 0 unspecified atom stereocenters. The summed E-state index contributed by atoms with van der Waals surface area (Å²) < 4.78 is 0. The number of rotatable bonds is 2. The first kappa shape index (κ1) is 14.0. The van der Waals surface area contributed by atoms with E-state index in [0.717, 1.165) is 0 Å². The molecule has 2 aliphatic carbocycles. The first-order valence-corrected chi connectivity index (χ1v) is 7.65. The largest absolute Gasteiger partial charge is 0.228 e. The van der Waals surface area contributed by atoms with Crippen LogP contribution >= 0.6 is 12.2 Å². The molecule has 2 rings (SSSR count). The summed E-state index contributed by atoms with van der Waals surface area (Å²) in [6, 6.07) is 0.328. The highest BCUT2D eigenvalue weighted by molar-refractivity contribution is 7.78. The summed E-state index contributed by atoms with van der Waals surface area (Å²) in [5.41, 5.74) is 1.81. The van der Waals surface area contributed by atoms with Gasteiger partial charge in [-0.2, -0.15) is 0 Å². The molecule has 0 aromatic heterocycles. The minimum atomic E-state index is 0.328. The van der Waals surface area contributed by atoms with Gasteiger partial charge in [-0.1, -0.05) is 32.9 Å². The smallest absolute Gasteiger partial charge is 0.0703 e. The van der Waals surface area contributed by atoms with Gasteiger partial charge in [-0.25, -0.2) is 4.99 Å². The van der Waals surface area contributed by atoms with Gasteiger partial charge >= 0.3 is 0 Å². The van der Waals surface area contributed by atoms with Crippen molar-refractivity contribution in [2.75, 3.05) is 0 Å². The zero-order valence-corrected chi connectivity index (χ0v) is 12.7. The van der Waals surface area contributed by atoms with Crippen molar-refractivity contribution in [1.29, 1.82) is 0 Å². The average Bonchev–Trinajstić information content (AvgIpc) is 2.28. The van der Waals surface area contributed by atoms with Gasteiger partial charge in [-0.15, -0.1) is 0 Å². The summed E-state index contributed by atoms with van der Waals surface area (Å²) in [5, 5.41) is 2.66. The van der Waals surface area contributed by atoms with Crippen LogP contribution < -0.4 is 0 Å². The molecule has 2 heteroatoms. The van der Waals surface area contributed by atoms with Crippen LogP contribution in [0.4, 0.5) is 0 Å². The Morgan fingerprint density at radius 2 is 2.17 bits per heavy atom. The Bertz CT molecular complexity index is 381. The van der Waals surface area contributed by atoms with Gasteiger partial charge in [0.2, 0.25) is 0 Å². The maximum Gasteiger partial charge on any atom is 0.0703 e. The fourth-order valence-corrected chi connectivity index (χ4v) is 4.45. The first-order valence-electron chi connectivity index (χ1n) is 7.24. The van der Waals surface area contributed by atoms with Crippen LogP contribution in [0, 0.1) is 23.2 Å². The summed E-state index contributed by atoms with van der Waals surface area (Å²) in [6.45, 7) is 11.4. The van der Waals surface area contributed by atoms with Crippen LogP contribution in [0.1, 0.15) is 52.9 Å². The normalized spacial score (nSPS) is 40.2. The predicted octanol–water partition coefficient (Wildman–Crippen LogP) is 4.89. The summed E-state index contributed by atoms with van der Waals surface area (Å²) >= 11 is 4.89. The highest BCUT2D eigenvalue weighted by Gasteiger charge is 2.49. The minimum Gasteiger partial charge on any atom is -0.228 e. The molecule has 1 nitrogen and oxygen atoms in total. The molecule has 0 aromatic carbocycles. The maximum atomic E-state index is 4.89. The van der Waals surface area contributed by atoms with E-state index in [9.17, 15) is 0 Å². The van der Waals surface area contributed by atoms with Crippen molar-refractivity contribution in [1.82, 2.24) is 0 Å². The standard InChI is InChI=1S/C16H25NS/c1-11(2)13-7-9-16(4)8-5-6-12(3)14(16)15(13)17-10-18/h11,13-15H,3,5-9H2,1-2,4H3/t13-,14+,15-,16+/m0/s1. The molecule has 0 saturated heterocycles. The van der Waals surface area contributed by atoms with Gasteiger partial charge in [0.1, 0.15) is 0 Å². The molecule has 0 bridgehead atoms. The van der Waals surface area contributed by atoms with E-state index in [1.165, 1.54) is 37.7 Å². The second kappa shape index (κ2) is 5.27. The van der Waals surface area contributed by atoms with Crippen LogP contribution in [0.5, 0.6) is 0 Å². The Kier molecular flexibility index (Phi) is 4.08. The quantitative estimate of drug-likeness (QED) is 0.393. The van der Waals surface area contributed by atoms with Gasteiger partial charge in [-0.05, 0) is 61.6 Å². The second-order valence-corrected chi connectivity index (χ2v) is 6.98. The molecular formula is C16H25NS. The third-order valence-corrected chi connectivity index (χ3v) is 5.43. The lowest BCUT2D eigenvalue weighted by molar-refractivity contribution is 0.0384. The van der Waals surface area contributed by atoms with Crippen LogP contribution in [-0.2, 0) is 0 Å². The minimum absolute atomic E-state index is 0.328. The second-order valence-electron chi connectivity index (χ2n) is 6.80. The van der Waals surface area contributed by atoms with Crippen LogP contribution in [0.2, 0.25) is 0 Å². The van der Waals surface area contributed by atoms with Gasteiger partial charge in [0.15, 0.2) is 0 Å². The zero-order valence-electron chi connectivity index (χ0n) is 11.9. The maximum absolute atomic E-state index is 4.89. The van der Waals surface area contributed by atoms with Crippen molar-refractivity contribution in [3.63, 3.8) is 0 Å². The van der Waals surface area contributed by atoms with Crippen LogP contribution in [0.3, 0.4) is 0 Å². The number of nitrogens with zero attached hydrogens (tertiary/aromatic N) is 1. The SMILES string of the molecule is C=C1CCC[C@]2(C)CC[C@@H](C(C)C)[C@H](N=C=S)[C@@H]12. The van der Waals surface area contributed by atoms with Crippen molar-refractivity contribution in [2.24, 2.45) is 28.2 Å². The Morgan fingerprint density at radius 3 is 2.78 bits per heavy atom. The summed E-state index contributed by atoms with van der Waals surface area (Å²) in [7, 11) is 0. The van der Waals surface area contributed by atoms with E-state index >= 15 is 0 Å². The van der Waals surface area contributed by atoms with E-state index < -0.39 is 0 Å². The van der Waals surface area contributed by atoms with Crippen molar-refractivity contribution in [3.05, 3.63) is 12.2 Å². The lowest BCUT2D eigenvalue weighted by atomic mass is 9.54. The number of aliphatic imine (C=N–C) groups is 1. The molecule has 0 N–H and O–H groups in total.